The van der Waals surface area contributed by atoms with Crippen LogP contribution in [0.4, 0.5) is 0 Å². The number of benzene rings is 1. The van der Waals surface area contributed by atoms with Crippen LogP contribution in [-0.4, -0.2) is 21.3 Å². The quantitative estimate of drug-likeness (QED) is 0.842. The van der Waals surface area contributed by atoms with Gasteiger partial charge in [-0.25, -0.2) is 4.98 Å². The van der Waals surface area contributed by atoms with Crippen LogP contribution in [0.3, 0.4) is 0 Å². The Morgan fingerprint density at radius 1 is 1.35 bits per heavy atom. The van der Waals surface area contributed by atoms with E-state index in [-0.39, 0.29) is 5.60 Å². The normalized spacial score (nSPS) is 21.6. The van der Waals surface area contributed by atoms with Crippen molar-refractivity contribution in [1.82, 2.24) is 9.55 Å². The number of hydrogen-bond donors (Lipinski definition) is 0. The Bertz CT molecular complexity index is 600. The van der Waals surface area contributed by atoms with E-state index in [2.05, 4.69) is 49.6 Å². The summed E-state index contributed by atoms with van der Waals surface area (Å²) in [5.74, 6) is 1.20. The highest BCUT2D eigenvalue weighted by Gasteiger charge is 2.32. The third-order valence-corrected chi connectivity index (χ3v) is 4.15. The van der Waals surface area contributed by atoms with Gasteiger partial charge in [0.1, 0.15) is 5.82 Å². The smallest absolute Gasteiger partial charge is 0.109 e. The van der Waals surface area contributed by atoms with Gasteiger partial charge in [0.15, 0.2) is 0 Å². The largest absolute Gasteiger partial charge is 0.370 e. The summed E-state index contributed by atoms with van der Waals surface area (Å²) in [5, 5.41) is 0. The summed E-state index contributed by atoms with van der Waals surface area (Å²) in [7, 11) is 0. The Kier molecular flexibility index (Phi) is 3.55. The number of para-hydroxylation sites is 2. The van der Waals surface area contributed by atoms with Gasteiger partial charge in [-0.05, 0) is 45.2 Å². The number of rotatable bonds is 4. The topological polar surface area (TPSA) is 27.1 Å². The molecule has 2 heterocycles. The van der Waals surface area contributed by atoms with Gasteiger partial charge < -0.3 is 9.30 Å². The second-order valence-electron chi connectivity index (χ2n) is 6.42. The second-order valence-corrected chi connectivity index (χ2v) is 6.42. The van der Waals surface area contributed by atoms with Crippen LogP contribution in [0, 0.1) is 0 Å². The van der Waals surface area contributed by atoms with Gasteiger partial charge in [0.2, 0.25) is 0 Å². The number of hydrogen-bond acceptors (Lipinski definition) is 2. The Hall–Kier alpha value is -1.35. The van der Waals surface area contributed by atoms with Gasteiger partial charge in [-0.1, -0.05) is 19.1 Å². The van der Waals surface area contributed by atoms with Gasteiger partial charge in [0.05, 0.1) is 29.3 Å². The molecule has 1 fully saturated rings. The molecule has 0 aliphatic carbocycles. The average molecular weight is 272 g/mol. The highest BCUT2D eigenvalue weighted by Crippen LogP contribution is 2.31. The van der Waals surface area contributed by atoms with Crippen molar-refractivity contribution in [3.05, 3.63) is 30.1 Å². The summed E-state index contributed by atoms with van der Waals surface area (Å²) < 4.78 is 8.52. The van der Waals surface area contributed by atoms with Crippen molar-refractivity contribution >= 4 is 11.0 Å². The molecule has 20 heavy (non-hydrogen) atoms. The van der Waals surface area contributed by atoms with E-state index >= 15 is 0 Å². The maximum atomic E-state index is 6.16. The van der Waals surface area contributed by atoms with Gasteiger partial charge in [-0.3, -0.25) is 0 Å². The first-order valence-corrected chi connectivity index (χ1v) is 7.71. The van der Waals surface area contributed by atoms with Crippen LogP contribution < -0.4 is 0 Å². The van der Waals surface area contributed by atoms with E-state index in [9.17, 15) is 0 Å². The lowest BCUT2D eigenvalue weighted by atomic mass is 10.1. The van der Waals surface area contributed by atoms with E-state index in [0.29, 0.717) is 6.10 Å². The molecule has 0 bridgehead atoms. The fourth-order valence-corrected chi connectivity index (χ4v) is 3.15. The number of imidazole rings is 1. The van der Waals surface area contributed by atoms with Crippen molar-refractivity contribution < 1.29 is 4.74 Å². The molecular weight excluding hydrogens is 248 g/mol. The van der Waals surface area contributed by atoms with Crippen LogP contribution in [0.25, 0.3) is 11.0 Å². The minimum atomic E-state index is 0.0337. The molecule has 1 unspecified atom stereocenters. The summed E-state index contributed by atoms with van der Waals surface area (Å²) in [4.78, 5) is 4.79. The Balaban J connectivity index is 1.91. The first kappa shape index (κ1) is 13.6. The van der Waals surface area contributed by atoms with Crippen LogP contribution in [-0.2, 0) is 17.7 Å². The number of fused-ring (bicyclic) bond motifs is 1. The second kappa shape index (κ2) is 5.21. The molecule has 1 aromatic carbocycles. The summed E-state index contributed by atoms with van der Waals surface area (Å²) >= 11 is 0. The predicted molar refractivity (Wildman–Crippen MR) is 81.9 cm³/mol. The Morgan fingerprint density at radius 2 is 2.15 bits per heavy atom. The molecule has 1 aromatic heterocycles. The first-order chi connectivity index (χ1) is 9.59. The van der Waals surface area contributed by atoms with Crippen LogP contribution in [0.5, 0.6) is 0 Å². The zero-order chi connectivity index (χ0) is 14.2. The van der Waals surface area contributed by atoms with E-state index in [1.807, 2.05) is 0 Å². The zero-order valence-corrected chi connectivity index (χ0v) is 12.7. The molecule has 3 rings (SSSR count). The van der Waals surface area contributed by atoms with E-state index in [1.165, 1.54) is 11.3 Å². The highest BCUT2D eigenvalue weighted by atomic mass is 16.5. The lowest BCUT2D eigenvalue weighted by molar-refractivity contribution is -0.0215. The van der Waals surface area contributed by atoms with Crippen molar-refractivity contribution in [2.45, 2.75) is 64.7 Å². The third kappa shape index (κ3) is 2.59. The van der Waals surface area contributed by atoms with Crippen molar-refractivity contribution in [2.24, 2.45) is 0 Å². The van der Waals surface area contributed by atoms with E-state index in [1.54, 1.807) is 0 Å². The van der Waals surface area contributed by atoms with Crippen molar-refractivity contribution in [2.75, 3.05) is 0 Å². The molecule has 0 saturated carbocycles. The molecule has 0 N–H and O–H groups in total. The van der Waals surface area contributed by atoms with E-state index in [4.69, 9.17) is 9.72 Å². The number of nitrogens with zero attached hydrogens (tertiary/aromatic N) is 2. The fourth-order valence-electron chi connectivity index (χ4n) is 3.15. The van der Waals surface area contributed by atoms with Crippen molar-refractivity contribution in [3.8, 4) is 0 Å². The summed E-state index contributed by atoms with van der Waals surface area (Å²) in [5.41, 5.74) is 2.38. The molecule has 3 nitrogen and oxygen atoms in total. The molecule has 3 heteroatoms. The van der Waals surface area contributed by atoms with Crippen molar-refractivity contribution in [3.63, 3.8) is 0 Å². The summed E-state index contributed by atoms with van der Waals surface area (Å²) in [6.07, 6.45) is 4.77. The maximum absolute atomic E-state index is 6.16. The van der Waals surface area contributed by atoms with Gasteiger partial charge in [0, 0.05) is 6.42 Å². The predicted octanol–water partition coefficient (Wildman–Crippen LogP) is 3.95. The minimum absolute atomic E-state index is 0.0337. The minimum Gasteiger partial charge on any atom is -0.370 e. The van der Waals surface area contributed by atoms with Crippen LogP contribution in [0.2, 0.25) is 0 Å². The molecule has 1 aliphatic rings. The lowest BCUT2D eigenvalue weighted by Crippen LogP contribution is -2.23. The van der Waals surface area contributed by atoms with Gasteiger partial charge >= 0.3 is 0 Å². The standard InChI is InChI=1S/C17H24N2O/c1-4-7-16-18-14-8-5-6-9-15(14)19(16)12-13-10-11-17(2,3)20-13/h5-6,8-9,13H,4,7,10-12H2,1-3H3. The number of ether oxygens (including phenoxy) is 1. The van der Waals surface area contributed by atoms with Crippen molar-refractivity contribution in [1.29, 1.82) is 0 Å². The van der Waals surface area contributed by atoms with Gasteiger partial charge in [0.25, 0.3) is 0 Å². The third-order valence-electron chi connectivity index (χ3n) is 4.15. The van der Waals surface area contributed by atoms with Crippen LogP contribution >= 0.6 is 0 Å². The number of aryl methyl sites for hydroxylation is 1. The molecule has 0 spiro atoms. The average Bonchev–Trinajstić information content (AvgIpc) is 2.92. The van der Waals surface area contributed by atoms with Gasteiger partial charge in [-0.2, -0.15) is 0 Å². The molecule has 1 aliphatic heterocycles. The Morgan fingerprint density at radius 3 is 2.85 bits per heavy atom. The first-order valence-electron chi connectivity index (χ1n) is 7.71. The molecule has 1 atom stereocenters. The fraction of sp³-hybridized carbons (Fsp3) is 0.588. The lowest BCUT2D eigenvalue weighted by Gasteiger charge is -2.20. The zero-order valence-electron chi connectivity index (χ0n) is 12.7. The number of aromatic nitrogens is 2. The summed E-state index contributed by atoms with van der Waals surface area (Å²) in [6, 6.07) is 8.42. The van der Waals surface area contributed by atoms with Crippen LogP contribution in [0.15, 0.2) is 24.3 Å². The van der Waals surface area contributed by atoms with Gasteiger partial charge in [-0.15, -0.1) is 0 Å². The molecular formula is C17H24N2O. The molecule has 0 amide bonds. The summed E-state index contributed by atoms with van der Waals surface area (Å²) in [6.45, 7) is 7.51. The molecule has 0 radical (unpaired) electrons. The Labute approximate surface area is 121 Å². The van der Waals surface area contributed by atoms with Crippen LogP contribution in [0.1, 0.15) is 45.9 Å². The SMILES string of the molecule is CCCc1nc2ccccc2n1CC1CCC(C)(C)O1. The molecule has 2 aromatic rings. The maximum Gasteiger partial charge on any atom is 0.109 e. The van der Waals surface area contributed by atoms with E-state index < -0.39 is 0 Å². The monoisotopic (exact) mass is 272 g/mol. The van der Waals surface area contributed by atoms with E-state index in [0.717, 1.165) is 37.7 Å². The molecule has 1 saturated heterocycles. The highest BCUT2D eigenvalue weighted by molar-refractivity contribution is 5.75. The molecule has 108 valence electrons.